The first-order valence-corrected chi connectivity index (χ1v) is 28.9. The molecule has 0 aliphatic rings. The van der Waals surface area contributed by atoms with Crippen LogP contribution in [0.15, 0.2) is 279 Å². The number of aromatic nitrogens is 5. The summed E-state index contributed by atoms with van der Waals surface area (Å²) < 4.78 is 7.31. The van der Waals surface area contributed by atoms with Gasteiger partial charge in [0.2, 0.25) is 0 Å². The Bertz CT molecular complexity index is 4890. The third kappa shape index (κ3) is 8.00. The van der Waals surface area contributed by atoms with Crippen LogP contribution < -0.4 is 0 Å². The van der Waals surface area contributed by atoms with Crippen molar-refractivity contribution in [3.63, 3.8) is 0 Å². The molecule has 12 aromatic carbocycles. The third-order valence-corrected chi connectivity index (χ3v) is 17.1. The number of rotatable bonds is 9. The zero-order chi connectivity index (χ0) is 56.0. The Kier molecular flexibility index (Phi) is 11.5. The number of fused-ring (bicyclic) bond motifs is 9. The molecule has 0 amide bonds. The topological polar surface area (TPSA) is 40.6 Å². The molecule has 84 heavy (non-hydrogen) atoms. The summed E-state index contributed by atoms with van der Waals surface area (Å²) in [7, 11) is 0. The van der Waals surface area contributed by atoms with Crippen molar-refractivity contribution in [1.82, 2.24) is 23.7 Å². The first-order chi connectivity index (χ1) is 41.4. The molecular formula is C79H55N5. The lowest BCUT2D eigenvalue weighted by atomic mass is 9.91. The molecule has 0 radical (unpaired) electrons. The Hall–Kier alpha value is -10.9. The van der Waals surface area contributed by atoms with E-state index in [4.69, 9.17) is 9.97 Å². The van der Waals surface area contributed by atoms with Gasteiger partial charge < -0.3 is 13.7 Å². The van der Waals surface area contributed by atoms with Crippen LogP contribution in [0, 0.1) is 20.8 Å². The number of hydrogen-bond donors (Lipinski definition) is 0. The molecule has 0 spiro atoms. The van der Waals surface area contributed by atoms with Gasteiger partial charge in [-0.2, -0.15) is 0 Å². The number of hydrogen-bond acceptors (Lipinski definition) is 2. The molecule has 0 fully saturated rings. The number of aryl methyl sites for hydroxylation is 3. The van der Waals surface area contributed by atoms with Crippen molar-refractivity contribution in [2.45, 2.75) is 20.8 Å². The summed E-state index contributed by atoms with van der Waals surface area (Å²) in [4.78, 5) is 11.0. The van der Waals surface area contributed by atoms with Crippen LogP contribution in [0.3, 0.4) is 0 Å². The molecule has 0 saturated carbocycles. The fourth-order valence-corrected chi connectivity index (χ4v) is 13.5. The minimum atomic E-state index is 0.642. The zero-order valence-electron chi connectivity index (χ0n) is 46.8. The lowest BCUT2D eigenvalue weighted by Gasteiger charge is -2.22. The Morgan fingerprint density at radius 2 is 0.619 bits per heavy atom. The summed E-state index contributed by atoms with van der Waals surface area (Å²) in [5.41, 5.74) is 25.4. The molecule has 0 unspecified atom stereocenters. The molecule has 5 nitrogen and oxygen atoms in total. The highest BCUT2D eigenvalue weighted by molar-refractivity contribution is 6.13. The quantitative estimate of drug-likeness (QED) is 0.145. The summed E-state index contributed by atoms with van der Waals surface area (Å²) in [6, 6.07) is 102. The van der Waals surface area contributed by atoms with E-state index in [1.54, 1.807) is 0 Å². The molecule has 396 valence electrons. The summed E-state index contributed by atoms with van der Waals surface area (Å²) in [6.45, 7) is 6.67. The molecule has 0 aliphatic heterocycles. The van der Waals surface area contributed by atoms with E-state index in [1.807, 2.05) is 0 Å². The van der Waals surface area contributed by atoms with Crippen molar-refractivity contribution in [2.75, 3.05) is 0 Å². The molecule has 0 bridgehead atoms. The van der Waals surface area contributed by atoms with E-state index in [1.165, 1.54) is 82.2 Å². The third-order valence-electron chi connectivity index (χ3n) is 17.1. The van der Waals surface area contributed by atoms with Crippen molar-refractivity contribution < 1.29 is 0 Å². The van der Waals surface area contributed by atoms with Crippen LogP contribution >= 0.6 is 0 Å². The molecule has 0 atom stereocenters. The fourth-order valence-electron chi connectivity index (χ4n) is 13.5. The van der Waals surface area contributed by atoms with Crippen molar-refractivity contribution >= 4 is 65.4 Å². The highest BCUT2D eigenvalue weighted by Gasteiger charge is 2.25. The average molecular weight is 1070 g/mol. The highest BCUT2D eigenvalue weighted by Crippen LogP contribution is 2.46. The monoisotopic (exact) mass is 1070 g/mol. The van der Waals surface area contributed by atoms with E-state index in [9.17, 15) is 0 Å². The maximum absolute atomic E-state index is 5.51. The minimum absolute atomic E-state index is 0.642. The van der Waals surface area contributed by atoms with Crippen molar-refractivity contribution in [3.05, 3.63) is 296 Å². The predicted molar refractivity (Wildman–Crippen MR) is 352 cm³/mol. The SMILES string of the molecule is Cc1cc(C)c(-c2ccc3c(c2)c2ccccc2n3-c2c(-c3ccc(-n4c5ccccc5c5ccccc54)cc3)cc(-c3nc(-c4ccccc4)cc(-c4ccccc4)n3)cc2-c2ccc(-n3c4ccccc4c4ccccc43)cc2)c(C)c1. The lowest BCUT2D eigenvalue weighted by molar-refractivity contribution is 1.16. The van der Waals surface area contributed by atoms with Gasteiger partial charge in [-0.25, -0.2) is 9.97 Å². The van der Waals surface area contributed by atoms with Gasteiger partial charge in [0, 0.05) is 71.5 Å². The molecule has 5 heteroatoms. The van der Waals surface area contributed by atoms with Gasteiger partial charge in [0.05, 0.1) is 50.2 Å². The van der Waals surface area contributed by atoms with Crippen molar-refractivity contribution in [3.8, 4) is 84.3 Å². The number of para-hydroxylation sites is 5. The van der Waals surface area contributed by atoms with E-state index >= 15 is 0 Å². The molecule has 4 heterocycles. The smallest absolute Gasteiger partial charge is 0.160 e. The van der Waals surface area contributed by atoms with Crippen LogP contribution in [0.4, 0.5) is 0 Å². The fraction of sp³-hybridized carbons (Fsp3) is 0.0380. The molecule has 16 rings (SSSR count). The second kappa shape index (κ2) is 19.7. The Morgan fingerprint density at radius 3 is 1.05 bits per heavy atom. The standard InChI is InChI=1S/C79H55N5/c1-50-44-51(2)77(52(3)45-50)57-38-43-76-68(46-57)65-28-14-19-33-75(65)84(76)78-66(53-34-39-59(40-35-53)82-71-29-15-10-24-61(71)62-25-11-16-30-72(62)82)47-58(79-80-69(55-20-6-4-7-21-55)49-70(81-79)56-22-8-5-9-23-56)48-67(78)54-36-41-60(42-37-54)83-73-31-17-12-26-63(73)64-27-13-18-32-74(64)83/h4-49H,1-3H3. The van der Waals surface area contributed by atoms with Crippen molar-refractivity contribution in [2.24, 2.45) is 0 Å². The van der Waals surface area contributed by atoms with Gasteiger partial charge in [0.25, 0.3) is 0 Å². The van der Waals surface area contributed by atoms with Crippen molar-refractivity contribution in [1.29, 1.82) is 0 Å². The van der Waals surface area contributed by atoms with Crippen LogP contribution in [0.1, 0.15) is 16.7 Å². The molecular weight excluding hydrogens is 1020 g/mol. The number of benzene rings is 12. The maximum atomic E-state index is 5.51. The van der Waals surface area contributed by atoms with E-state index in [2.05, 4.69) is 314 Å². The van der Waals surface area contributed by atoms with E-state index in [0.29, 0.717) is 5.82 Å². The Morgan fingerprint density at radius 1 is 0.262 bits per heavy atom. The summed E-state index contributed by atoms with van der Waals surface area (Å²) in [5, 5.41) is 7.31. The van der Waals surface area contributed by atoms with E-state index in [-0.39, 0.29) is 0 Å². The largest absolute Gasteiger partial charge is 0.309 e. The van der Waals surface area contributed by atoms with Gasteiger partial charge in [0.15, 0.2) is 5.82 Å². The molecule has 16 aromatic rings. The van der Waals surface area contributed by atoms with Crippen LogP contribution in [0.25, 0.3) is 150 Å². The van der Waals surface area contributed by atoms with Gasteiger partial charge >= 0.3 is 0 Å². The zero-order valence-corrected chi connectivity index (χ0v) is 46.8. The average Bonchev–Trinajstić information content (AvgIpc) is 2.64. The normalized spacial score (nSPS) is 11.8. The molecule has 4 aromatic heterocycles. The van der Waals surface area contributed by atoms with Crippen LogP contribution in [-0.4, -0.2) is 23.7 Å². The minimum Gasteiger partial charge on any atom is -0.309 e. The first kappa shape index (κ1) is 49.0. The number of nitrogens with zero attached hydrogens (tertiary/aromatic N) is 5. The van der Waals surface area contributed by atoms with Gasteiger partial charge in [0.1, 0.15) is 0 Å². The van der Waals surface area contributed by atoms with Crippen LogP contribution in [-0.2, 0) is 0 Å². The van der Waals surface area contributed by atoms with E-state index in [0.717, 1.165) is 78.4 Å². The Labute approximate surface area is 487 Å². The van der Waals surface area contributed by atoms with Gasteiger partial charge in [-0.05, 0) is 139 Å². The molecule has 0 aliphatic carbocycles. The van der Waals surface area contributed by atoms with Crippen LogP contribution in [0.2, 0.25) is 0 Å². The van der Waals surface area contributed by atoms with Gasteiger partial charge in [-0.3, -0.25) is 0 Å². The first-order valence-electron chi connectivity index (χ1n) is 28.9. The molecule has 0 N–H and O–H groups in total. The maximum Gasteiger partial charge on any atom is 0.160 e. The highest BCUT2D eigenvalue weighted by atomic mass is 15.0. The second-order valence-corrected chi connectivity index (χ2v) is 22.3. The summed E-state index contributed by atoms with van der Waals surface area (Å²) >= 11 is 0. The molecule has 0 saturated heterocycles. The van der Waals surface area contributed by atoms with Gasteiger partial charge in [-0.15, -0.1) is 0 Å². The van der Waals surface area contributed by atoms with E-state index < -0.39 is 0 Å². The Balaban J connectivity index is 0.997. The van der Waals surface area contributed by atoms with Gasteiger partial charge in [-0.1, -0.05) is 200 Å². The summed E-state index contributed by atoms with van der Waals surface area (Å²) in [5.74, 6) is 0.642. The predicted octanol–water partition coefficient (Wildman–Crippen LogP) is 20.7. The second-order valence-electron chi connectivity index (χ2n) is 22.3. The summed E-state index contributed by atoms with van der Waals surface area (Å²) in [6.07, 6.45) is 0. The lowest BCUT2D eigenvalue weighted by Crippen LogP contribution is -2.03. The van der Waals surface area contributed by atoms with Crippen LogP contribution in [0.5, 0.6) is 0 Å².